The zero-order valence-corrected chi connectivity index (χ0v) is 12.3. The first-order chi connectivity index (χ1) is 9.16. The second kappa shape index (κ2) is 15.5. The maximum Gasteiger partial charge on any atom is 0.508 e. The molecule has 0 saturated heterocycles. The molecule has 0 N–H and O–H groups in total. The second-order valence-electron chi connectivity index (χ2n) is 4.56. The Labute approximate surface area is 124 Å². The predicted molar refractivity (Wildman–Crippen MR) is 85.8 cm³/mol. The number of ether oxygens (including phenoxy) is 2. The van der Waals surface area contributed by atoms with Crippen LogP contribution in [-0.4, -0.2) is 19.4 Å². The highest BCUT2D eigenvalue weighted by molar-refractivity contribution is 5.59. The third-order valence-electron chi connectivity index (χ3n) is 2.11. The van der Waals surface area contributed by atoms with Crippen molar-refractivity contribution in [3.05, 3.63) is 36.5 Å². The van der Waals surface area contributed by atoms with Gasteiger partial charge in [0.2, 0.25) is 0 Å². The molecule has 0 saturated carbocycles. The topological polar surface area (TPSA) is 35.5 Å². The van der Waals surface area contributed by atoms with Crippen LogP contribution in [-0.2, 0) is 9.47 Å². The van der Waals surface area contributed by atoms with Crippen LogP contribution in [0.15, 0.2) is 36.5 Å². The average Bonchev–Trinajstić information content (AvgIpc) is 2.38. The van der Waals surface area contributed by atoms with Crippen LogP contribution in [0.5, 0.6) is 0 Å². The van der Waals surface area contributed by atoms with Crippen molar-refractivity contribution in [3.8, 4) is 0 Å². The summed E-state index contributed by atoms with van der Waals surface area (Å²) in [7, 11) is 0. The van der Waals surface area contributed by atoms with Crippen LogP contribution < -0.4 is 0 Å². The number of carbonyl (C=O) groups is 1. The zero-order valence-electron chi connectivity index (χ0n) is 12.3. The molecule has 0 aromatic rings. The van der Waals surface area contributed by atoms with Gasteiger partial charge in [0.1, 0.15) is 6.61 Å². The van der Waals surface area contributed by atoms with E-state index in [1.807, 2.05) is 26.0 Å². The number of rotatable bonds is 9. The van der Waals surface area contributed by atoms with E-state index < -0.39 is 6.16 Å². The predicted octanol–water partition coefficient (Wildman–Crippen LogP) is 5.29. The molecule has 20 heavy (non-hydrogen) atoms. The molecule has 0 heterocycles. The maximum absolute atomic E-state index is 11.1. The summed E-state index contributed by atoms with van der Waals surface area (Å²) in [5.41, 5.74) is 0. The Morgan fingerprint density at radius 2 is 1.50 bits per heavy atom. The molecule has 0 atom stereocenters. The molecule has 116 valence electrons. The number of hydrogen-bond donors (Lipinski definition) is 0. The fourth-order valence-electron chi connectivity index (χ4n) is 1.17. The fourth-order valence-corrected chi connectivity index (χ4v) is 1.17. The molecular weight excluding hydrogens is 252 g/mol. The van der Waals surface area contributed by atoms with Crippen LogP contribution in [0, 0.1) is 5.92 Å². The van der Waals surface area contributed by atoms with Crippen LogP contribution in [0.3, 0.4) is 0 Å². The van der Waals surface area contributed by atoms with Crippen molar-refractivity contribution >= 4 is 6.16 Å². The third-order valence-corrected chi connectivity index (χ3v) is 2.11. The molecule has 0 radical (unpaired) electrons. The molecule has 0 spiro atoms. The van der Waals surface area contributed by atoms with E-state index in [-0.39, 0.29) is 14.0 Å². The van der Waals surface area contributed by atoms with E-state index in [9.17, 15) is 4.79 Å². The summed E-state index contributed by atoms with van der Waals surface area (Å²) in [5, 5.41) is 0. The molecule has 0 aliphatic heterocycles. The first-order valence-corrected chi connectivity index (χ1v) is 6.91. The molecule has 0 rings (SSSR count). The second-order valence-corrected chi connectivity index (χ2v) is 4.56. The lowest BCUT2D eigenvalue weighted by Gasteiger charge is -2.06. The van der Waals surface area contributed by atoms with Gasteiger partial charge in [-0.15, -0.1) is 0 Å². The summed E-state index contributed by atoms with van der Waals surface area (Å²) < 4.78 is 9.74. The molecule has 0 aromatic heterocycles. The number of carbonyl (C=O) groups excluding carboxylic acids is 1. The quantitative estimate of drug-likeness (QED) is 0.426. The van der Waals surface area contributed by atoms with Crippen LogP contribution in [0.25, 0.3) is 0 Å². The Balaban J connectivity index is 0. The van der Waals surface area contributed by atoms with Gasteiger partial charge < -0.3 is 9.47 Å². The minimum absolute atomic E-state index is 0. The summed E-state index contributed by atoms with van der Waals surface area (Å²) in [4.78, 5) is 11.1. The molecule has 0 aliphatic carbocycles. The van der Waals surface area contributed by atoms with Crippen LogP contribution in [0.1, 0.15) is 47.5 Å². The van der Waals surface area contributed by atoms with Crippen molar-refractivity contribution in [3.63, 3.8) is 0 Å². The Morgan fingerprint density at radius 3 is 2.05 bits per heavy atom. The number of hydrogen-bond acceptors (Lipinski definition) is 3. The van der Waals surface area contributed by atoms with E-state index in [2.05, 4.69) is 31.2 Å². The molecule has 3 heteroatoms. The van der Waals surface area contributed by atoms with Crippen molar-refractivity contribution in [1.29, 1.82) is 0 Å². The lowest BCUT2D eigenvalue weighted by Crippen LogP contribution is -2.11. The molecule has 0 aliphatic rings. The lowest BCUT2D eigenvalue weighted by atomic mass is 10.2. The molecule has 0 amide bonds. The van der Waals surface area contributed by atoms with Gasteiger partial charge in [0.15, 0.2) is 0 Å². The molecule has 3 nitrogen and oxygen atoms in total. The van der Waals surface area contributed by atoms with E-state index >= 15 is 0 Å². The molecule has 0 bridgehead atoms. The summed E-state index contributed by atoms with van der Waals surface area (Å²) in [5.74, 6) is 0.329. The van der Waals surface area contributed by atoms with Crippen molar-refractivity contribution < 1.29 is 14.3 Å². The molecular formula is C17H30O3. The monoisotopic (exact) mass is 282 g/mol. The highest BCUT2D eigenvalue weighted by Gasteiger charge is 2.03. The van der Waals surface area contributed by atoms with Crippen LogP contribution in [0.4, 0.5) is 4.79 Å². The van der Waals surface area contributed by atoms with E-state index in [4.69, 9.17) is 9.47 Å². The van der Waals surface area contributed by atoms with Gasteiger partial charge in [-0.3, -0.25) is 0 Å². The minimum Gasteiger partial charge on any atom is -0.434 e. The van der Waals surface area contributed by atoms with Gasteiger partial charge >= 0.3 is 6.16 Å². The smallest absolute Gasteiger partial charge is 0.434 e. The molecule has 0 aromatic carbocycles. The molecule has 0 unspecified atom stereocenters. The van der Waals surface area contributed by atoms with Crippen LogP contribution >= 0.6 is 0 Å². The SMILES string of the molecule is C.CC/C=C\C/C=C\C/C=C\COC(=O)OCC(C)C. The Kier molecular flexibility index (Phi) is 16.2. The summed E-state index contributed by atoms with van der Waals surface area (Å²) in [6.07, 6.45) is 14.6. The third kappa shape index (κ3) is 16.5. The fraction of sp³-hybridized carbons (Fsp3) is 0.588. The van der Waals surface area contributed by atoms with Gasteiger partial charge in [-0.05, 0) is 25.2 Å². The highest BCUT2D eigenvalue weighted by atomic mass is 16.7. The van der Waals surface area contributed by atoms with Crippen molar-refractivity contribution in [2.75, 3.05) is 13.2 Å². The Bertz CT molecular complexity index is 301. The average molecular weight is 282 g/mol. The lowest BCUT2D eigenvalue weighted by molar-refractivity contribution is 0.0550. The summed E-state index contributed by atoms with van der Waals surface area (Å²) in [6.45, 7) is 6.75. The minimum atomic E-state index is -0.599. The standard InChI is InChI=1S/C16H26O3.CH4/c1-4-5-6-7-8-9-10-11-12-13-18-16(17)19-14-15(2)3;/h5-6,8-9,11-12,15H,4,7,10,13-14H2,1-3H3;1H4/b6-5-,9-8-,12-11-;. The summed E-state index contributed by atoms with van der Waals surface area (Å²) >= 11 is 0. The van der Waals surface area contributed by atoms with Crippen LogP contribution in [0.2, 0.25) is 0 Å². The largest absolute Gasteiger partial charge is 0.508 e. The first-order valence-electron chi connectivity index (χ1n) is 6.91. The van der Waals surface area contributed by atoms with Gasteiger partial charge in [0.25, 0.3) is 0 Å². The molecule has 0 fully saturated rings. The van der Waals surface area contributed by atoms with Crippen molar-refractivity contribution in [1.82, 2.24) is 0 Å². The number of allylic oxidation sites excluding steroid dienone is 5. The van der Waals surface area contributed by atoms with E-state index in [1.54, 1.807) is 0 Å². The normalized spacial score (nSPS) is 11.4. The van der Waals surface area contributed by atoms with Gasteiger partial charge in [0, 0.05) is 0 Å². The van der Waals surface area contributed by atoms with Crippen molar-refractivity contribution in [2.45, 2.75) is 47.5 Å². The first kappa shape index (κ1) is 20.8. The van der Waals surface area contributed by atoms with Gasteiger partial charge in [0.05, 0.1) is 6.61 Å². The Hall–Kier alpha value is -1.51. The highest BCUT2D eigenvalue weighted by Crippen LogP contribution is 1.96. The van der Waals surface area contributed by atoms with E-state index in [1.165, 1.54) is 0 Å². The zero-order chi connectivity index (χ0) is 14.3. The Morgan fingerprint density at radius 1 is 0.950 bits per heavy atom. The van der Waals surface area contributed by atoms with E-state index in [0.29, 0.717) is 12.5 Å². The van der Waals surface area contributed by atoms with Gasteiger partial charge in [-0.1, -0.05) is 64.7 Å². The summed E-state index contributed by atoms with van der Waals surface area (Å²) in [6, 6.07) is 0. The van der Waals surface area contributed by atoms with E-state index in [0.717, 1.165) is 19.3 Å². The maximum atomic E-state index is 11.1. The van der Waals surface area contributed by atoms with Gasteiger partial charge in [-0.25, -0.2) is 4.79 Å². The van der Waals surface area contributed by atoms with Crippen molar-refractivity contribution in [2.24, 2.45) is 5.92 Å². The van der Waals surface area contributed by atoms with Gasteiger partial charge in [-0.2, -0.15) is 0 Å².